The fourth-order valence-corrected chi connectivity index (χ4v) is 3.35. The van der Waals surface area contributed by atoms with E-state index >= 15 is 0 Å². The first-order valence-electron chi connectivity index (χ1n) is 6.63. The molecule has 1 saturated heterocycles. The molecule has 1 aromatic rings. The second-order valence-corrected chi connectivity index (χ2v) is 6.09. The van der Waals surface area contributed by atoms with Crippen molar-refractivity contribution >= 4 is 28.3 Å². The van der Waals surface area contributed by atoms with Gasteiger partial charge in [-0.3, -0.25) is 4.90 Å². The summed E-state index contributed by atoms with van der Waals surface area (Å²) in [4.78, 5) is 2.53. The highest BCUT2D eigenvalue weighted by Gasteiger charge is 2.22. The van der Waals surface area contributed by atoms with Gasteiger partial charge in [-0.2, -0.15) is 0 Å². The van der Waals surface area contributed by atoms with E-state index in [1.165, 1.54) is 15.6 Å². The molecule has 19 heavy (non-hydrogen) atoms. The standard InChI is InChI=1S/C14H19BrN2O.ClH/c1-10-8-16-3-4-17(10)9-12-7-13(15)6-11-2-5-18-14(11)12;/h6-7,10,16H,2-5,8-9H2,1H3;1H/t10-;/m1./s1. The van der Waals surface area contributed by atoms with Crippen LogP contribution in [0.2, 0.25) is 0 Å². The van der Waals surface area contributed by atoms with E-state index in [1.807, 2.05) is 0 Å². The highest BCUT2D eigenvalue weighted by molar-refractivity contribution is 9.10. The van der Waals surface area contributed by atoms with Gasteiger partial charge in [-0.15, -0.1) is 12.4 Å². The highest BCUT2D eigenvalue weighted by atomic mass is 79.9. The smallest absolute Gasteiger partial charge is 0.127 e. The summed E-state index contributed by atoms with van der Waals surface area (Å²) in [5, 5.41) is 3.43. The quantitative estimate of drug-likeness (QED) is 0.890. The summed E-state index contributed by atoms with van der Waals surface area (Å²) in [7, 11) is 0. The first-order valence-corrected chi connectivity index (χ1v) is 7.42. The molecule has 0 aromatic heterocycles. The summed E-state index contributed by atoms with van der Waals surface area (Å²) in [6, 6.07) is 4.99. The third kappa shape index (κ3) is 3.24. The zero-order chi connectivity index (χ0) is 12.5. The van der Waals surface area contributed by atoms with Gasteiger partial charge in [0.05, 0.1) is 6.61 Å². The lowest BCUT2D eigenvalue weighted by Crippen LogP contribution is -2.49. The Kier molecular flexibility index (Phi) is 5.12. The van der Waals surface area contributed by atoms with Crippen LogP contribution in [0.1, 0.15) is 18.1 Å². The van der Waals surface area contributed by atoms with Crippen molar-refractivity contribution in [1.29, 1.82) is 0 Å². The van der Waals surface area contributed by atoms with Crippen LogP contribution in [0.25, 0.3) is 0 Å². The van der Waals surface area contributed by atoms with Crippen LogP contribution in [0.4, 0.5) is 0 Å². The van der Waals surface area contributed by atoms with Crippen LogP contribution in [-0.2, 0) is 13.0 Å². The Hall–Kier alpha value is -0.290. The number of rotatable bonds is 2. The minimum atomic E-state index is 0. The van der Waals surface area contributed by atoms with Gasteiger partial charge in [-0.1, -0.05) is 15.9 Å². The minimum Gasteiger partial charge on any atom is -0.493 e. The molecule has 1 fully saturated rings. The van der Waals surface area contributed by atoms with Crippen LogP contribution in [0, 0.1) is 0 Å². The first kappa shape index (κ1) is 15.1. The fourth-order valence-electron chi connectivity index (χ4n) is 2.80. The monoisotopic (exact) mass is 346 g/mol. The summed E-state index contributed by atoms with van der Waals surface area (Å²) in [6.45, 7) is 7.38. The number of halogens is 2. The molecule has 0 spiro atoms. The molecule has 0 amide bonds. The van der Waals surface area contributed by atoms with E-state index in [1.54, 1.807) is 0 Å². The molecule has 3 nitrogen and oxygen atoms in total. The lowest BCUT2D eigenvalue weighted by atomic mass is 10.1. The van der Waals surface area contributed by atoms with Crippen molar-refractivity contribution in [2.75, 3.05) is 26.2 Å². The molecule has 0 unspecified atom stereocenters. The van der Waals surface area contributed by atoms with E-state index in [2.05, 4.69) is 45.2 Å². The predicted octanol–water partition coefficient (Wildman–Crippen LogP) is 2.60. The van der Waals surface area contributed by atoms with E-state index < -0.39 is 0 Å². The zero-order valence-electron chi connectivity index (χ0n) is 11.1. The number of hydrogen-bond donors (Lipinski definition) is 1. The van der Waals surface area contributed by atoms with Gasteiger partial charge in [0.15, 0.2) is 0 Å². The van der Waals surface area contributed by atoms with Gasteiger partial charge < -0.3 is 10.1 Å². The maximum atomic E-state index is 5.80. The Labute approximate surface area is 129 Å². The van der Waals surface area contributed by atoms with Crippen molar-refractivity contribution in [2.45, 2.75) is 25.9 Å². The van der Waals surface area contributed by atoms with Gasteiger partial charge in [0.1, 0.15) is 5.75 Å². The van der Waals surface area contributed by atoms with E-state index in [0.717, 1.165) is 45.0 Å². The fraction of sp³-hybridized carbons (Fsp3) is 0.571. The summed E-state index contributed by atoms with van der Waals surface area (Å²) < 4.78 is 6.97. The van der Waals surface area contributed by atoms with Crippen LogP contribution in [0.5, 0.6) is 5.75 Å². The van der Waals surface area contributed by atoms with Crippen LogP contribution in [-0.4, -0.2) is 37.2 Å². The maximum absolute atomic E-state index is 5.80. The summed E-state index contributed by atoms with van der Waals surface area (Å²) in [6.07, 6.45) is 1.04. The van der Waals surface area contributed by atoms with Crippen molar-refractivity contribution in [3.63, 3.8) is 0 Å². The lowest BCUT2D eigenvalue weighted by Gasteiger charge is -2.34. The Morgan fingerprint density at radius 2 is 2.32 bits per heavy atom. The molecule has 0 saturated carbocycles. The van der Waals surface area contributed by atoms with Gasteiger partial charge in [0.2, 0.25) is 0 Å². The molecule has 1 aromatic carbocycles. The number of nitrogens with zero attached hydrogens (tertiary/aromatic N) is 1. The molecule has 2 heterocycles. The molecule has 106 valence electrons. The number of ether oxygens (including phenoxy) is 1. The van der Waals surface area contributed by atoms with Crippen molar-refractivity contribution < 1.29 is 4.74 Å². The van der Waals surface area contributed by atoms with E-state index in [4.69, 9.17) is 4.74 Å². The molecule has 0 radical (unpaired) electrons. The van der Waals surface area contributed by atoms with Gasteiger partial charge in [0.25, 0.3) is 0 Å². The molecular weight excluding hydrogens is 328 g/mol. The number of piperazine rings is 1. The summed E-state index contributed by atoms with van der Waals surface area (Å²) >= 11 is 3.61. The molecule has 5 heteroatoms. The first-order chi connectivity index (χ1) is 8.74. The molecule has 0 bridgehead atoms. The molecule has 3 rings (SSSR count). The third-order valence-electron chi connectivity index (χ3n) is 3.84. The highest BCUT2D eigenvalue weighted by Crippen LogP contribution is 2.34. The molecular formula is C14H20BrClN2O. The molecule has 0 aliphatic carbocycles. The molecule has 2 aliphatic heterocycles. The topological polar surface area (TPSA) is 24.5 Å². The number of nitrogens with one attached hydrogen (secondary N) is 1. The van der Waals surface area contributed by atoms with Crippen molar-refractivity contribution in [1.82, 2.24) is 10.2 Å². The van der Waals surface area contributed by atoms with Crippen LogP contribution in [0.3, 0.4) is 0 Å². The Morgan fingerprint density at radius 3 is 3.11 bits per heavy atom. The normalized spacial score (nSPS) is 22.5. The number of fused-ring (bicyclic) bond motifs is 1. The SMILES string of the molecule is C[C@@H]1CNCCN1Cc1cc(Br)cc2c1OCC2.Cl. The van der Waals surface area contributed by atoms with E-state index in [9.17, 15) is 0 Å². The summed E-state index contributed by atoms with van der Waals surface area (Å²) in [5.74, 6) is 1.13. The second kappa shape index (κ2) is 6.44. The summed E-state index contributed by atoms with van der Waals surface area (Å²) in [5.41, 5.74) is 2.67. The van der Waals surface area contributed by atoms with Crippen LogP contribution in [0.15, 0.2) is 16.6 Å². The molecule has 1 N–H and O–H groups in total. The van der Waals surface area contributed by atoms with Gasteiger partial charge >= 0.3 is 0 Å². The average molecular weight is 348 g/mol. The van der Waals surface area contributed by atoms with Crippen LogP contribution >= 0.6 is 28.3 Å². The third-order valence-corrected chi connectivity index (χ3v) is 4.30. The second-order valence-electron chi connectivity index (χ2n) is 5.18. The minimum absolute atomic E-state index is 0. The maximum Gasteiger partial charge on any atom is 0.127 e. The molecule has 2 aliphatic rings. The van der Waals surface area contributed by atoms with Gasteiger partial charge in [0, 0.05) is 48.7 Å². The Bertz CT molecular complexity index is 455. The average Bonchev–Trinajstić information content (AvgIpc) is 2.80. The van der Waals surface area contributed by atoms with Crippen molar-refractivity contribution in [3.05, 3.63) is 27.7 Å². The predicted molar refractivity (Wildman–Crippen MR) is 83.3 cm³/mol. The van der Waals surface area contributed by atoms with Crippen LogP contribution < -0.4 is 10.1 Å². The Balaban J connectivity index is 0.00000133. The van der Waals surface area contributed by atoms with Gasteiger partial charge in [-0.25, -0.2) is 0 Å². The van der Waals surface area contributed by atoms with E-state index in [0.29, 0.717) is 6.04 Å². The Morgan fingerprint density at radius 1 is 1.47 bits per heavy atom. The number of hydrogen-bond acceptors (Lipinski definition) is 3. The largest absolute Gasteiger partial charge is 0.493 e. The van der Waals surface area contributed by atoms with E-state index in [-0.39, 0.29) is 12.4 Å². The zero-order valence-corrected chi connectivity index (χ0v) is 13.5. The molecule has 1 atom stereocenters. The lowest BCUT2D eigenvalue weighted by molar-refractivity contribution is 0.164. The van der Waals surface area contributed by atoms with Crippen molar-refractivity contribution in [2.24, 2.45) is 0 Å². The van der Waals surface area contributed by atoms with Crippen molar-refractivity contribution in [3.8, 4) is 5.75 Å². The van der Waals surface area contributed by atoms with Gasteiger partial charge in [-0.05, 0) is 24.6 Å². The number of benzene rings is 1.